The Balaban J connectivity index is 4.61. The molecule has 0 saturated carbocycles. The molecule has 0 aliphatic rings. The standard InChI is InChI=1S/C7H13NO2/c1-4(2)6(5(3)9)7(8)10/h5,9H,1-3H3,(H2,8,10). The fourth-order valence-electron chi connectivity index (χ4n) is 0.870. The van der Waals surface area contributed by atoms with E-state index in [1.54, 1.807) is 13.8 Å². The van der Waals surface area contributed by atoms with Crippen LogP contribution in [0.1, 0.15) is 20.8 Å². The summed E-state index contributed by atoms with van der Waals surface area (Å²) in [5.41, 5.74) is 6.05. The first kappa shape index (κ1) is 9.17. The maximum absolute atomic E-state index is 10.6. The minimum absolute atomic E-state index is 0.306. The van der Waals surface area contributed by atoms with E-state index in [0.717, 1.165) is 5.57 Å². The molecule has 0 aromatic heterocycles. The first-order valence-corrected chi connectivity index (χ1v) is 3.12. The van der Waals surface area contributed by atoms with Crippen LogP contribution < -0.4 is 5.73 Å². The monoisotopic (exact) mass is 143 g/mol. The maximum Gasteiger partial charge on any atom is 0.247 e. The summed E-state index contributed by atoms with van der Waals surface area (Å²) >= 11 is 0. The van der Waals surface area contributed by atoms with Crippen LogP contribution in [0.3, 0.4) is 0 Å². The molecule has 0 aliphatic carbocycles. The minimum Gasteiger partial charge on any atom is -0.389 e. The van der Waals surface area contributed by atoms with E-state index in [2.05, 4.69) is 0 Å². The van der Waals surface area contributed by atoms with E-state index in [1.165, 1.54) is 6.92 Å². The Kier molecular flexibility index (Phi) is 3.09. The topological polar surface area (TPSA) is 63.3 Å². The van der Waals surface area contributed by atoms with Crippen molar-refractivity contribution in [3.8, 4) is 0 Å². The number of nitrogens with two attached hydrogens (primary N) is 1. The van der Waals surface area contributed by atoms with Crippen molar-refractivity contribution in [2.24, 2.45) is 5.73 Å². The zero-order valence-corrected chi connectivity index (χ0v) is 6.51. The van der Waals surface area contributed by atoms with E-state index in [1.807, 2.05) is 0 Å². The number of amides is 1. The highest BCUT2D eigenvalue weighted by Gasteiger charge is 2.11. The molecule has 3 nitrogen and oxygen atoms in total. The van der Waals surface area contributed by atoms with Crippen LogP contribution in [0.25, 0.3) is 0 Å². The van der Waals surface area contributed by atoms with Gasteiger partial charge in [-0.3, -0.25) is 4.79 Å². The summed E-state index contributed by atoms with van der Waals surface area (Å²) in [6.07, 6.45) is -0.762. The van der Waals surface area contributed by atoms with Crippen LogP contribution in [0, 0.1) is 0 Å². The first-order chi connectivity index (χ1) is 4.46. The number of aliphatic hydroxyl groups is 1. The van der Waals surface area contributed by atoms with E-state index in [4.69, 9.17) is 10.8 Å². The van der Waals surface area contributed by atoms with Crippen LogP contribution in [0.15, 0.2) is 11.1 Å². The van der Waals surface area contributed by atoms with E-state index < -0.39 is 12.0 Å². The van der Waals surface area contributed by atoms with Crippen LogP contribution in [-0.4, -0.2) is 17.1 Å². The maximum atomic E-state index is 10.6. The van der Waals surface area contributed by atoms with Gasteiger partial charge in [0.25, 0.3) is 0 Å². The zero-order chi connectivity index (χ0) is 8.31. The van der Waals surface area contributed by atoms with Gasteiger partial charge in [-0.1, -0.05) is 5.57 Å². The smallest absolute Gasteiger partial charge is 0.247 e. The van der Waals surface area contributed by atoms with Crippen LogP contribution in [0.5, 0.6) is 0 Å². The summed E-state index contributed by atoms with van der Waals surface area (Å²) in [5.74, 6) is -0.546. The molecule has 0 radical (unpaired) electrons. The van der Waals surface area contributed by atoms with Gasteiger partial charge in [0, 0.05) is 5.57 Å². The number of carbonyl (C=O) groups is 1. The number of primary amides is 1. The van der Waals surface area contributed by atoms with Gasteiger partial charge in [-0.25, -0.2) is 0 Å². The average molecular weight is 143 g/mol. The second kappa shape index (κ2) is 3.37. The van der Waals surface area contributed by atoms with Crippen molar-refractivity contribution >= 4 is 5.91 Å². The summed E-state index contributed by atoms with van der Waals surface area (Å²) in [4.78, 5) is 10.6. The lowest BCUT2D eigenvalue weighted by Crippen LogP contribution is -2.23. The molecule has 1 atom stereocenters. The molecule has 0 heterocycles. The molecule has 3 heteroatoms. The number of hydrogen-bond donors (Lipinski definition) is 2. The van der Waals surface area contributed by atoms with E-state index >= 15 is 0 Å². The second-order valence-electron chi connectivity index (χ2n) is 2.45. The third-order valence-corrected chi connectivity index (χ3v) is 1.22. The summed E-state index contributed by atoms with van der Waals surface area (Å²) in [5, 5.41) is 8.99. The van der Waals surface area contributed by atoms with Gasteiger partial charge in [0.1, 0.15) is 0 Å². The molecule has 0 aromatic rings. The molecular weight excluding hydrogens is 130 g/mol. The Morgan fingerprint density at radius 3 is 1.90 bits per heavy atom. The van der Waals surface area contributed by atoms with Crippen molar-refractivity contribution < 1.29 is 9.90 Å². The molecular formula is C7H13NO2. The molecule has 3 N–H and O–H groups in total. The molecule has 0 rings (SSSR count). The number of hydrogen-bond acceptors (Lipinski definition) is 2. The molecule has 10 heavy (non-hydrogen) atoms. The van der Waals surface area contributed by atoms with Gasteiger partial charge in [0.2, 0.25) is 5.91 Å². The van der Waals surface area contributed by atoms with E-state index in [9.17, 15) is 4.79 Å². The van der Waals surface area contributed by atoms with Gasteiger partial charge < -0.3 is 10.8 Å². The fourth-order valence-corrected chi connectivity index (χ4v) is 0.870. The first-order valence-electron chi connectivity index (χ1n) is 3.12. The van der Waals surface area contributed by atoms with Crippen LogP contribution in [0.4, 0.5) is 0 Å². The molecule has 0 spiro atoms. The normalized spacial score (nSPS) is 12.4. The number of aliphatic hydroxyl groups excluding tert-OH is 1. The van der Waals surface area contributed by atoms with Crippen molar-refractivity contribution in [3.05, 3.63) is 11.1 Å². The molecule has 0 fully saturated rings. The Labute approximate surface area is 60.5 Å². The second-order valence-corrected chi connectivity index (χ2v) is 2.45. The van der Waals surface area contributed by atoms with Crippen molar-refractivity contribution in [3.63, 3.8) is 0 Å². The lowest BCUT2D eigenvalue weighted by Gasteiger charge is -2.07. The van der Waals surface area contributed by atoms with Gasteiger partial charge in [-0.15, -0.1) is 0 Å². The highest BCUT2D eigenvalue weighted by molar-refractivity contribution is 5.93. The summed E-state index contributed by atoms with van der Waals surface area (Å²) in [7, 11) is 0. The molecule has 0 saturated heterocycles. The van der Waals surface area contributed by atoms with Crippen molar-refractivity contribution in [1.82, 2.24) is 0 Å². The number of rotatable bonds is 2. The van der Waals surface area contributed by atoms with Crippen molar-refractivity contribution in [2.75, 3.05) is 0 Å². The lowest BCUT2D eigenvalue weighted by molar-refractivity contribution is -0.115. The van der Waals surface area contributed by atoms with E-state index in [0.29, 0.717) is 5.57 Å². The molecule has 58 valence electrons. The molecule has 1 unspecified atom stereocenters. The highest BCUT2D eigenvalue weighted by atomic mass is 16.3. The van der Waals surface area contributed by atoms with Crippen LogP contribution >= 0.6 is 0 Å². The predicted octanol–water partition coefficient (Wildman–Crippen LogP) is 0.189. The summed E-state index contributed by atoms with van der Waals surface area (Å²) < 4.78 is 0. The van der Waals surface area contributed by atoms with Crippen LogP contribution in [0.2, 0.25) is 0 Å². The fraction of sp³-hybridized carbons (Fsp3) is 0.571. The van der Waals surface area contributed by atoms with Gasteiger partial charge in [0.05, 0.1) is 6.10 Å². The van der Waals surface area contributed by atoms with Crippen molar-refractivity contribution in [2.45, 2.75) is 26.9 Å². The Morgan fingerprint density at radius 2 is 1.90 bits per heavy atom. The Morgan fingerprint density at radius 1 is 1.50 bits per heavy atom. The largest absolute Gasteiger partial charge is 0.389 e. The van der Waals surface area contributed by atoms with Gasteiger partial charge in [-0.05, 0) is 20.8 Å². The molecule has 0 aliphatic heterocycles. The van der Waals surface area contributed by atoms with Crippen LogP contribution in [-0.2, 0) is 4.79 Å². The number of carbonyl (C=O) groups excluding carboxylic acids is 1. The zero-order valence-electron chi connectivity index (χ0n) is 6.51. The quantitative estimate of drug-likeness (QED) is 0.542. The third kappa shape index (κ3) is 2.19. The van der Waals surface area contributed by atoms with E-state index in [-0.39, 0.29) is 0 Å². The summed E-state index contributed by atoms with van der Waals surface area (Å²) in [6, 6.07) is 0. The molecule has 0 aromatic carbocycles. The Hall–Kier alpha value is -0.830. The average Bonchev–Trinajstić information content (AvgIpc) is 1.59. The van der Waals surface area contributed by atoms with Gasteiger partial charge in [-0.2, -0.15) is 0 Å². The Bertz CT molecular complexity index is 166. The summed E-state index contributed by atoms with van der Waals surface area (Å²) in [6.45, 7) is 5.01. The molecule has 1 amide bonds. The van der Waals surface area contributed by atoms with Gasteiger partial charge >= 0.3 is 0 Å². The minimum atomic E-state index is -0.762. The lowest BCUT2D eigenvalue weighted by atomic mass is 10.1. The highest BCUT2D eigenvalue weighted by Crippen LogP contribution is 2.06. The third-order valence-electron chi connectivity index (χ3n) is 1.22. The predicted molar refractivity (Wildman–Crippen MR) is 39.2 cm³/mol. The SMILES string of the molecule is CC(C)=C(C(N)=O)C(C)O. The van der Waals surface area contributed by atoms with Gasteiger partial charge in [0.15, 0.2) is 0 Å². The van der Waals surface area contributed by atoms with Crippen molar-refractivity contribution in [1.29, 1.82) is 0 Å². The number of allylic oxidation sites excluding steroid dienone is 1. The molecule has 0 bridgehead atoms.